The molecular formula is C11H13N7. The van der Waals surface area contributed by atoms with Crippen molar-refractivity contribution in [1.82, 2.24) is 4.90 Å². The lowest BCUT2D eigenvalue weighted by Crippen LogP contribution is -2.20. The van der Waals surface area contributed by atoms with Crippen LogP contribution in [0.25, 0.3) is 20.9 Å². The molecule has 1 aromatic rings. The Kier molecular flexibility index (Phi) is 4.04. The second kappa shape index (κ2) is 5.93. The summed E-state index contributed by atoms with van der Waals surface area (Å²) in [5, 5.41) is 7.38. The van der Waals surface area contributed by atoms with Gasteiger partial charge in [-0.25, -0.2) is 0 Å². The second-order valence-electron chi connectivity index (χ2n) is 4.22. The van der Waals surface area contributed by atoms with Crippen LogP contribution in [0, 0.1) is 0 Å². The highest BCUT2D eigenvalue weighted by molar-refractivity contribution is 5.15. The normalized spacial score (nSPS) is 23.1. The zero-order chi connectivity index (χ0) is 12.8. The number of likely N-dealkylation sites (tertiary alicyclic amines) is 1. The Morgan fingerprint density at radius 1 is 1.06 bits per heavy atom. The lowest BCUT2D eigenvalue weighted by Gasteiger charge is -2.14. The van der Waals surface area contributed by atoms with E-state index in [9.17, 15) is 0 Å². The van der Waals surface area contributed by atoms with Crippen LogP contribution in [0.1, 0.15) is 5.56 Å². The molecule has 1 aromatic carbocycles. The summed E-state index contributed by atoms with van der Waals surface area (Å²) in [5.74, 6) is 0. The summed E-state index contributed by atoms with van der Waals surface area (Å²) in [5.41, 5.74) is 18.2. The first-order valence-electron chi connectivity index (χ1n) is 5.68. The summed E-state index contributed by atoms with van der Waals surface area (Å²) < 4.78 is 0. The molecule has 0 aliphatic carbocycles. The number of hydrogen-bond acceptors (Lipinski definition) is 3. The maximum atomic E-state index is 8.49. The van der Waals surface area contributed by atoms with E-state index >= 15 is 0 Å². The molecule has 1 fully saturated rings. The van der Waals surface area contributed by atoms with Crippen LogP contribution >= 0.6 is 0 Å². The number of rotatable bonds is 4. The van der Waals surface area contributed by atoms with Crippen LogP contribution in [0.2, 0.25) is 0 Å². The predicted molar refractivity (Wildman–Crippen MR) is 67.6 cm³/mol. The van der Waals surface area contributed by atoms with Gasteiger partial charge in [0.15, 0.2) is 0 Å². The first-order valence-corrected chi connectivity index (χ1v) is 5.68. The van der Waals surface area contributed by atoms with Gasteiger partial charge in [-0.1, -0.05) is 40.6 Å². The molecule has 7 heteroatoms. The summed E-state index contributed by atoms with van der Waals surface area (Å²) in [6.45, 7) is 2.03. The molecule has 1 heterocycles. The lowest BCUT2D eigenvalue weighted by molar-refractivity contribution is 0.324. The molecule has 1 aliphatic rings. The molecule has 2 atom stereocenters. The molecule has 0 aromatic heterocycles. The summed E-state index contributed by atoms with van der Waals surface area (Å²) in [6, 6.07) is 9.50. The van der Waals surface area contributed by atoms with E-state index in [4.69, 9.17) is 11.1 Å². The highest BCUT2D eigenvalue weighted by atomic mass is 15.3. The number of benzene rings is 1. The Bertz CT molecular complexity index is 461. The Balaban J connectivity index is 2.04. The standard InChI is InChI=1S/C11H13N7/c12-16-14-10-7-18(8-11(10)15-17-13)6-9-4-2-1-3-5-9/h1-5,10-11H,6-8H2/t10-,11-/m0/s1. The van der Waals surface area contributed by atoms with Crippen molar-refractivity contribution in [1.29, 1.82) is 0 Å². The molecule has 0 bridgehead atoms. The van der Waals surface area contributed by atoms with Gasteiger partial charge in [0.2, 0.25) is 0 Å². The molecule has 0 N–H and O–H groups in total. The van der Waals surface area contributed by atoms with E-state index < -0.39 is 0 Å². The minimum atomic E-state index is -0.269. The first kappa shape index (κ1) is 12.3. The largest absolute Gasteiger partial charge is 0.298 e. The van der Waals surface area contributed by atoms with Crippen LogP contribution in [-0.2, 0) is 6.54 Å². The maximum Gasteiger partial charge on any atom is 0.0598 e. The summed E-state index contributed by atoms with van der Waals surface area (Å²) >= 11 is 0. The maximum absolute atomic E-state index is 8.49. The molecule has 18 heavy (non-hydrogen) atoms. The van der Waals surface area contributed by atoms with Crippen LogP contribution in [0.5, 0.6) is 0 Å². The Morgan fingerprint density at radius 2 is 1.61 bits per heavy atom. The number of nitrogens with zero attached hydrogens (tertiary/aromatic N) is 7. The van der Waals surface area contributed by atoms with Crippen molar-refractivity contribution in [2.45, 2.75) is 18.6 Å². The van der Waals surface area contributed by atoms with Crippen molar-refractivity contribution in [2.75, 3.05) is 13.1 Å². The molecule has 7 nitrogen and oxygen atoms in total. The fraction of sp³-hybridized carbons (Fsp3) is 0.455. The quantitative estimate of drug-likeness (QED) is 0.453. The molecule has 0 unspecified atom stereocenters. The van der Waals surface area contributed by atoms with Crippen molar-refractivity contribution in [3.05, 3.63) is 56.8 Å². The topological polar surface area (TPSA) is 101 Å². The van der Waals surface area contributed by atoms with Gasteiger partial charge < -0.3 is 0 Å². The van der Waals surface area contributed by atoms with Gasteiger partial charge in [0.25, 0.3) is 0 Å². The SMILES string of the molecule is [N-]=[N+]=N[C@H]1CN(Cc2ccccc2)C[C@@H]1N=[N+]=[N-]. The Labute approximate surface area is 104 Å². The zero-order valence-corrected chi connectivity index (χ0v) is 9.79. The lowest BCUT2D eigenvalue weighted by atomic mass is 10.2. The van der Waals surface area contributed by atoms with Crippen molar-refractivity contribution in [3.63, 3.8) is 0 Å². The fourth-order valence-electron chi connectivity index (χ4n) is 2.18. The minimum Gasteiger partial charge on any atom is -0.298 e. The highest BCUT2D eigenvalue weighted by Gasteiger charge is 2.31. The zero-order valence-electron chi connectivity index (χ0n) is 9.79. The van der Waals surface area contributed by atoms with Crippen LogP contribution in [-0.4, -0.2) is 30.1 Å². The van der Waals surface area contributed by atoms with E-state index in [1.807, 2.05) is 30.3 Å². The van der Waals surface area contributed by atoms with E-state index in [1.165, 1.54) is 5.56 Å². The Morgan fingerprint density at radius 3 is 2.11 bits per heavy atom. The first-order chi connectivity index (χ1) is 8.83. The summed E-state index contributed by atoms with van der Waals surface area (Å²) in [4.78, 5) is 7.75. The Hall–Kier alpha value is -2.20. The molecule has 92 valence electrons. The third kappa shape index (κ3) is 2.93. The van der Waals surface area contributed by atoms with Gasteiger partial charge in [0.05, 0.1) is 12.1 Å². The van der Waals surface area contributed by atoms with Gasteiger partial charge in [-0.15, -0.1) is 0 Å². The summed E-state index contributed by atoms with van der Waals surface area (Å²) in [7, 11) is 0. The van der Waals surface area contributed by atoms with E-state index in [-0.39, 0.29) is 12.1 Å². The van der Waals surface area contributed by atoms with E-state index in [0.29, 0.717) is 13.1 Å². The minimum absolute atomic E-state index is 0.269. The second-order valence-corrected chi connectivity index (χ2v) is 4.22. The van der Waals surface area contributed by atoms with Gasteiger partial charge in [-0.3, -0.25) is 4.90 Å². The van der Waals surface area contributed by atoms with Crippen LogP contribution in [0.3, 0.4) is 0 Å². The van der Waals surface area contributed by atoms with E-state index in [0.717, 1.165) is 6.54 Å². The molecule has 0 saturated carbocycles. The number of azide groups is 2. The van der Waals surface area contributed by atoms with E-state index in [2.05, 4.69) is 25.0 Å². The third-order valence-electron chi connectivity index (χ3n) is 2.98. The van der Waals surface area contributed by atoms with Gasteiger partial charge in [-0.2, -0.15) is 0 Å². The molecule has 0 radical (unpaired) electrons. The van der Waals surface area contributed by atoms with Crippen molar-refractivity contribution < 1.29 is 0 Å². The summed E-state index contributed by atoms with van der Waals surface area (Å²) in [6.07, 6.45) is 0. The molecule has 1 saturated heterocycles. The molecule has 0 amide bonds. The molecular weight excluding hydrogens is 230 g/mol. The van der Waals surface area contributed by atoms with Gasteiger partial charge in [-0.05, 0) is 16.6 Å². The monoisotopic (exact) mass is 243 g/mol. The van der Waals surface area contributed by atoms with Gasteiger partial charge in [0.1, 0.15) is 0 Å². The van der Waals surface area contributed by atoms with Crippen molar-refractivity contribution in [3.8, 4) is 0 Å². The smallest absolute Gasteiger partial charge is 0.0598 e. The number of hydrogen-bond donors (Lipinski definition) is 0. The third-order valence-corrected chi connectivity index (χ3v) is 2.98. The fourth-order valence-corrected chi connectivity index (χ4v) is 2.18. The molecule has 1 aliphatic heterocycles. The van der Waals surface area contributed by atoms with Crippen LogP contribution in [0.4, 0.5) is 0 Å². The van der Waals surface area contributed by atoms with Crippen LogP contribution < -0.4 is 0 Å². The van der Waals surface area contributed by atoms with Crippen molar-refractivity contribution >= 4 is 0 Å². The predicted octanol–water partition coefficient (Wildman–Crippen LogP) is 2.86. The molecule has 2 rings (SSSR count). The van der Waals surface area contributed by atoms with Crippen LogP contribution in [0.15, 0.2) is 40.6 Å². The van der Waals surface area contributed by atoms with Gasteiger partial charge in [0, 0.05) is 29.5 Å². The average Bonchev–Trinajstić information content (AvgIpc) is 2.74. The highest BCUT2D eigenvalue weighted by Crippen LogP contribution is 2.19. The van der Waals surface area contributed by atoms with Gasteiger partial charge >= 0.3 is 0 Å². The molecule has 0 spiro atoms. The average molecular weight is 243 g/mol. The van der Waals surface area contributed by atoms with E-state index in [1.54, 1.807) is 0 Å². The van der Waals surface area contributed by atoms with Crippen molar-refractivity contribution in [2.24, 2.45) is 10.2 Å².